The number of ketones is 1. The minimum Gasteiger partial charge on any atom is -0.331 e. The lowest BCUT2D eigenvalue weighted by Gasteiger charge is -2.25. The van der Waals surface area contributed by atoms with Gasteiger partial charge < -0.3 is 4.90 Å². The van der Waals surface area contributed by atoms with Gasteiger partial charge in [-0.1, -0.05) is 0 Å². The van der Waals surface area contributed by atoms with E-state index in [1.165, 1.54) is 17.2 Å². The summed E-state index contributed by atoms with van der Waals surface area (Å²) in [7, 11) is 0. The fraction of sp³-hybridized carbons (Fsp3) is 0.364. The van der Waals surface area contributed by atoms with E-state index in [0.29, 0.717) is 19.4 Å². The molecule has 0 unspecified atom stereocenters. The molecule has 2 heterocycles. The molecule has 4 nitrogen and oxygen atoms in total. The molecule has 0 atom stereocenters. The molecule has 0 N–H and O–H groups in total. The Balaban J connectivity index is 2.19. The lowest BCUT2D eigenvalue weighted by Crippen LogP contribution is -2.40. The average molecular weight is 222 g/mol. The van der Waals surface area contributed by atoms with Crippen molar-refractivity contribution >= 4 is 11.7 Å². The van der Waals surface area contributed by atoms with Crippen molar-refractivity contribution in [1.29, 1.82) is 0 Å². The van der Waals surface area contributed by atoms with Crippen LogP contribution >= 0.6 is 0 Å². The van der Waals surface area contributed by atoms with E-state index in [9.17, 15) is 14.0 Å². The van der Waals surface area contributed by atoms with Crippen molar-refractivity contribution in [3.63, 3.8) is 0 Å². The zero-order valence-corrected chi connectivity index (χ0v) is 8.65. The highest BCUT2D eigenvalue weighted by Gasteiger charge is 2.24. The van der Waals surface area contributed by atoms with Gasteiger partial charge in [0, 0.05) is 19.2 Å². The van der Waals surface area contributed by atoms with E-state index < -0.39 is 11.7 Å². The maximum atomic E-state index is 13.3. The fourth-order valence-corrected chi connectivity index (χ4v) is 1.73. The van der Waals surface area contributed by atoms with Gasteiger partial charge in [-0.15, -0.1) is 0 Å². The summed E-state index contributed by atoms with van der Waals surface area (Å²) in [5.41, 5.74) is -0.0234. The minimum absolute atomic E-state index is 0.0223. The second-order valence-corrected chi connectivity index (χ2v) is 3.72. The minimum atomic E-state index is -0.648. The summed E-state index contributed by atoms with van der Waals surface area (Å²) in [5.74, 6) is -1.06. The lowest BCUT2D eigenvalue weighted by atomic mass is 10.1. The van der Waals surface area contributed by atoms with Gasteiger partial charge >= 0.3 is 0 Å². The number of carbonyl (C=O) groups is 2. The maximum absolute atomic E-state index is 13.3. The predicted octanol–water partition coefficient (Wildman–Crippen LogP) is 1.03. The van der Waals surface area contributed by atoms with Crippen molar-refractivity contribution in [2.75, 3.05) is 13.1 Å². The molecule has 0 aliphatic carbocycles. The summed E-state index contributed by atoms with van der Waals surface area (Å²) in [6, 6.07) is 1.33. The maximum Gasteiger partial charge on any atom is 0.257 e. The first-order valence-corrected chi connectivity index (χ1v) is 5.09. The molecule has 0 saturated carbocycles. The van der Waals surface area contributed by atoms with Crippen LogP contribution < -0.4 is 0 Å². The largest absolute Gasteiger partial charge is 0.331 e. The van der Waals surface area contributed by atoms with Crippen molar-refractivity contribution in [2.24, 2.45) is 0 Å². The van der Waals surface area contributed by atoms with E-state index in [0.717, 1.165) is 6.20 Å². The van der Waals surface area contributed by atoms with Gasteiger partial charge in [0.25, 0.3) is 5.91 Å². The van der Waals surface area contributed by atoms with Gasteiger partial charge in [-0.2, -0.15) is 0 Å². The molecule has 1 fully saturated rings. The van der Waals surface area contributed by atoms with E-state index in [1.807, 2.05) is 0 Å². The molecule has 84 valence electrons. The smallest absolute Gasteiger partial charge is 0.257 e. The second-order valence-electron chi connectivity index (χ2n) is 3.72. The number of pyridine rings is 1. The van der Waals surface area contributed by atoms with Crippen molar-refractivity contribution in [3.8, 4) is 0 Å². The summed E-state index contributed by atoms with van der Waals surface area (Å²) in [5, 5.41) is 0. The van der Waals surface area contributed by atoms with Gasteiger partial charge in [0.1, 0.15) is 0 Å². The molecule has 0 aromatic carbocycles. The lowest BCUT2D eigenvalue weighted by molar-refractivity contribution is -0.121. The highest BCUT2D eigenvalue weighted by atomic mass is 19.1. The quantitative estimate of drug-likeness (QED) is 0.713. The van der Waals surface area contributed by atoms with Crippen LogP contribution in [0.2, 0.25) is 0 Å². The number of aromatic nitrogens is 1. The topological polar surface area (TPSA) is 50.3 Å². The molecular weight excluding hydrogens is 211 g/mol. The summed E-state index contributed by atoms with van der Waals surface area (Å²) in [6.07, 6.45) is 3.51. The number of Topliss-reactive ketones (excluding diaryl/α,β-unsaturated/α-hetero) is 1. The van der Waals surface area contributed by atoms with E-state index in [2.05, 4.69) is 4.98 Å². The van der Waals surface area contributed by atoms with Crippen molar-refractivity contribution in [2.45, 2.75) is 12.8 Å². The Morgan fingerprint density at radius 2 is 2.31 bits per heavy atom. The number of rotatable bonds is 1. The Labute approximate surface area is 92.1 Å². The van der Waals surface area contributed by atoms with E-state index in [1.54, 1.807) is 0 Å². The Bertz CT molecular complexity index is 434. The Morgan fingerprint density at radius 1 is 1.50 bits per heavy atom. The third kappa shape index (κ3) is 2.08. The fourth-order valence-electron chi connectivity index (χ4n) is 1.73. The predicted molar refractivity (Wildman–Crippen MR) is 54.3 cm³/mol. The molecular formula is C11H11FN2O2. The van der Waals surface area contributed by atoms with Crippen LogP contribution in [-0.2, 0) is 4.79 Å². The van der Waals surface area contributed by atoms with E-state index in [-0.39, 0.29) is 17.9 Å². The van der Waals surface area contributed by atoms with Crippen LogP contribution in [0, 0.1) is 5.82 Å². The van der Waals surface area contributed by atoms with Crippen LogP contribution in [0.4, 0.5) is 4.39 Å². The number of piperidine rings is 1. The number of nitrogens with zero attached hydrogens (tertiary/aromatic N) is 2. The molecule has 0 radical (unpaired) electrons. The van der Waals surface area contributed by atoms with Crippen LogP contribution in [0.25, 0.3) is 0 Å². The third-order valence-corrected chi connectivity index (χ3v) is 2.54. The van der Waals surface area contributed by atoms with Crippen molar-refractivity contribution < 1.29 is 14.0 Å². The van der Waals surface area contributed by atoms with Gasteiger partial charge in [0.2, 0.25) is 0 Å². The van der Waals surface area contributed by atoms with Crippen LogP contribution in [-0.4, -0.2) is 34.7 Å². The Morgan fingerprint density at radius 3 is 3.00 bits per heavy atom. The third-order valence-electron chi connectivity index (χ3n) is 2.54. The monoisotopic (exact) mass is 222 g/mol. The number of amides is 1. The molecule has 1 aromatic heterocycles. The summed E-state index contributed by atoms with van der Waals surface area (Å²) in [4.78, 5) is 28.0. The zero-order valence-electron chi connectivity index (χ0n) is 8.65. The Hall–Kier alpha value is -1.78. The van der Waals surface area contributed by atoms with Gasteiger partial charge in [-0.25, -0.2) is 4.39 Å². The first kappa shape index (κ1) is 10.7. The number of hydrogen-bond acceptors (Lipinski definition) is 3. The second kappa shape index (κ2) is 4.38. The van der Waals surface area contributed by atoms with Crippen molar-refractivity contribution in [1.82, 2.24) is 9.88 Å². The van der Waals surface area contributed by atoms with Crippen LogP contribution in [0.5, 0.6) is 0 Å². The molecule has 1 aliphatic rings. The normalized spacial score (nSPS) is 16.3. The molecule has 1 aliphatic heterocycles. The van der Waals surface area contributed by atoms with Gasteiger partial charge in [0.05, 0.1) is 18.3 Å². The molecule has 0 spiro atoms. The molecule has 2 rings (SSSR count). The molecule has 16 heavy (non-hydrogen) atoms. The van der Waals surface area contributed by atoms with Crippen LogP contribution in [0.3, 0.4) is 0 Å². The number of likely N-dealkylation sites (tertiary alicyclic amines) is 1. The first-order valence-electron chi connectivity index (χ1n) is 5.09. The van der Waals surface area contributed by atoms with Gasteiger partial charge in [-0.3, -0.25) is 14.6 Å². The zero-order chi connectivity index (χ0) is 11.5. The first-order chi connectivity index (χ1) is 7.68. The summed E-state index contributed by atoms with van der Waals surface area (Å²) < 4.78 is 13.3. The summed E-state index contributed by atoms with van der Waals surface area (Å²) >= 11 is 0. The Kier molecular flexibility index (Phi) is 2.94. The van der Waals surface area contributed by atoms with Crippen LogP contribution in [0.1, 0.15) is 23.2 Å². The number of carbonyl (C=O) groups excluding carboxylic acids is 2. The SMILES string of the molecule is O=C1CCCN(C(=O)c2ccncc2F)C1. The number of halogens is 1. The van der Waals surface area contributed by atoms with Gasteiger partial charge in [-0.05, 0) is 12.5 Å². The number of hydrogen-bond donors (Lipinski definition) is 0. The summed E-state index contributed by atoms with van der Waals surface area (Å²) in [6.45, 7) is 0.590. The van der Waals surface area contributed by atoms with E-state index >= 15 is 0 Å². The molecule has 1 aromatic rings. The van der Waals surface area contributed by atoms with Crippen LogP contribution in [0.15, 0.2) is 18.5 Å². The van der Waals surface area contributed by atoms with E-state index in [4.69, 9.17) is 0 Å². The molecule has 5 heteroatoms. The highest BCUT2D eigenvalue weighted by Crippen LogP contribution is 2.13. The molecule has 1 amide bonds. The van der Waals surface area contributed by atoms with Crippen molar-refractivity contribution in [3.05, 3.63) is 29.8 Å². The molecule has 0 bridgehead atoms. The average Bonchev–Trinajstić information content (AvgIpc) is 2.29. The van der Waals surface area contributed by atoms with Gasteiger partial charge in [0.15, 0.2) is 11.6 Å². The molecule has 1 saturated heterocycles. The highest BCUT2D eigenvalue weighted by molar-refractivity contribution is 5.97. The standard InChI is InChI=1S/C11H11FN2O2/c12-10-6-13-4-3-9(10)11(16)14-5-1-2-8(15)7-14/h3-4,6H,1-2,5,7H2.